The molecule has 0 saturated carbocycles. The van der Waals surface area contributed by atoms with Gasteiger partial charge in [-0.3, -0.25) is 15.0 Å². The van der Waals surface area contributed by atoms with Gasteiger partial charge in [-0.2, -0.15) is 0 Å². The molecule has 2 amide bonds. The van der Waals surface area contributed by atoms with Gasteiger partial charge >= 0.3 is 7.12 Å². The molecule has 1 aliphatic rings. The summed E-state index contributed by atoms with van der Waals surface area (Å²) < 4.78 is 27.6. The zero-order valence-corrected chi connectivity index (χ0v) is 19.6. The first-order valence-corrected chi connectivity index (χ1v) is 10.5. The average Bonchev–Trinajstić information content (AvgIpc) is 2.98. The van der Waals surface area contributed by atoms with Gasteiger partial charge in [0, 0.05) is 36.5 Å². The van der Waals surface area contributed by atoms with Gasteiger partial charge in [0.1, 0.15) is 11.5 Å². The number of hydrogen-bond acceptors (Lipinski definition) is 6. The summed E-state index contributed by atoms with van der Waals surface area (Å²) in [5, 5.41) is 16.3. The molecule has 8 nitrogen and oxygen atoms in total. The van der Waals surface area contributed by atoms with Gasteiger partial charge in [-0.1, -0.05) is 12.1 Å². The zero-order valence-electron chi connectivity index (χ0n) is 19.6. The summed E-state index contributed by atoms with van der Waals surface area (Å²) in [5.41, 5.74) is -1.12. The maximum Gasteiger partial charge on any atom is 0.497 e. The van der Waals surface area contributed by atoms with Crippen molar-refractivity contribution >= 4 is 41.5 Å². The van der Waals surface area contributed by atoms with Gasteiger partial charge in [-0.15, -0.1) is 0 Å². The smallest absolute Gasteiger partial charge is 0.399 e. The molecule has 10 heteroatoms. The van der Waals surface area contributed by atoms with E-state index in [4.69, 9.17) is 14.7 Å². The van der Waals surface area contributed by atoms with Crippen LogP contribution in [0.2, 0.25) is 0 Å². The fourth-order valence-corrected chi connectivity index (χ4v) is 3.39. The molecule has 0 bridgehead atoms. The lowest BCUT2D eigenvalue weighted by atomic mass is 9.77. The van der Waals surface area contributed by atoms with Gasteiger partial charge in [-0.05, 0) is 52.0 Å². The molecule has 2 aromatic rings. The molecule has 0 spiro atoms. The highest BCUT2D eigenvalue weighted by atomic mass is 19.1. The molecule has 4 N–H and O–H groups in total. The number of carbonyl (C=O) groups is 2. The van der Waals surface area contributed by atoms with Crippen LogP contribution in [-0.2, 0) is 14.1 Å². The molecular formula is C23H28BFN4O4. The Morgan fingerprint density at radius 1 is 1.03 bits per heavy atom. The van der Waals surface area contributed by atoms with Crippen molar-refractivity contribution in [3.8, 4) is 0 Å². The molecule has 3 rings (SSSR count). The molecule has 33 heavy (non-hydrogen) atoms. The Labute approximate surface area is 192 Å². The maximum atomic E-state index is 15.7. The fourth-order valence-electron chi connectivity index (χ4n) is 3.39. The number of anilines is 2. The van der Waals surface area contributed by atoms with Crippen molar-refractivity contribution in [2.24, 2.45) is 0 Å². The minimum absolute atomic E-state index is 0.0989. The average molecular weight is 454 g/mol. The Bertz CT molecular complexity index is 1100. The second-order valence-corrected chi connectivity index (χ2v) is 8.72. The van der Waals surface area contributed by atoms with E-state index < -0.39 is 35.8 Å². The van der Waals surface area contributed by atoms with Crippen LogP contribution >= 0.6 is 0 Å². The topological polar surface area (TPSA) is 113 Å². The normalized spacial score (nSPS) is 16.3. The predicted octanol–water partition coefficient (Wildman–Crippen LogP) is 2.53. The van der Waals surface area contributed by atoms with E-state index >= 15 is 4.39 Å². The summed E-state index contributed by atoms with van der Waals surface area (Å²) >= 11 is 0. The van der Waals surface area contributed by atoms with Gasteiger partial charge in [0.05, 0.1) is 16.8 Å². The Hall–Kier alpha value is -3.24. The Balaban J connectivity index is 1.92. The number of benzene rings is 2. The number of halogens is 1. The highest BCUT2D eigenvalue weighted by Crippen LogP contribution is 2.37. The van der Waals surface area contributed by atoms with Gasteiger partial charge in [0.15, 0.2) is 0 Å². The van der Waals surface area contributed by atoms with Crippen LogP contribution in [0.25, 0.3) is 0 Å². The summed E-state index contributed by atoms with van der Waals surface area (Å²) in [6.07, 6.45) is 0. The number of hydrogen-bond donors (Lipinski definition) is 4. The fraction of sp³-hybridized carbons (Fsp3) is 0.348. The molecule has 1 fully saturated rings. The summed E-state index contributed by atoms with van der Waals surface area (Å²) in [5.74, 6) is -1.93. The Morgan fingerprint density at radius 2 is 1.67 bits per heavy atom. The lowest BCUT2D eigenvalue weighted by Gasteiger charge is -2.32. The van der Waals surface area contributed by atoms with Crippen LogP contribution in [0.5, 0.6) is 0 Å². The maximum absolute atomic E-state index is 15.7. The molecular weight excluding hydrogens is 426 g/mol. The molecule has 1 saturated heterocycles. The predicted molar refractivity (Wildman–Crippen MR) is 127 cm³/mol. The standard InChI is InChI=1S/C23H28BFN4O4/c1-22(2)23(3,4)33-24(32-22)15-10-11-16(27-5)17(18(15)25)19(26)21(31)29-14-9-7-8-13(12-14)20(30)28-6/h7-12,26-27H,1-6H3,(H,28,30)(H,29,31). The van der Waals surface area contributed by atoms with E-state index in [1.54, 1.807) is 31.3 Å². The van der Waals surface area contributed by atoms with E-state index in [9.17, 15) is 9.59 Å². The third-order valence-electron chi connectivity index (χ3n) is 6.04. The van der Waals surface area contributed by atoms with E-state index in [-0.39, 0.29) is 22.6 Å². The van der Waals surface area contributed by atoms with E-state index in [2.05, 4.69) is 16.0 Å². The van der Waals surface area contributed by atoms with Gasteiger partial charge < -0.3 is 25.3 Å². The van der Waals surface area contributed by atoms with Crippen LogP contribution in [0.3, 0.4) is 0 Å². The third kappa shape index (κ3) is 4.62. The van der Waals surface area contributed by atoms with Crippen LogP contribution < -0.4 is 21.4 Å². The highest BCUT2D eigenvalue weighted by molar-refractivity contribution is 6.62. The SMILES string of the molecule is CNC(=O)c1cccc(NC(=O)C(=N)c2c(NC)ccc(B3OC(C)(C)C(C)(C)O3)c2F)c1. The van der Waals surface area contributed by atoms with Crippen LogP contribution in [-0.4, -0.2) is 49.9 Å². The molecule has 0 radical (unpaired) electrons. The van der Waals surface area contributed by atoms with Gasteiger partial charge in [0.25, 0.3) is 11.8 Å². The van der Waals surface area contributed by atoms with Crippen molar-refractivity contribution in [1.82, 2.24) is 5.32 Å². The van der Waals surface area contributed by atoms with Crippen LogP contribution in [0.15, 0.2) is 36.4 Å². The van der Waals surface area contributed by atoms with E-state index in [0.717, 1.165) is 0 Å². The van der Waals surface area contributed by atoms with Crippen molar-refractivity contribution < 1.29 is 23.3 Å². The van der Waals surface area contributed by atoms with Crippen LogP contribution in [0, 0.1) is 11.2 Å². The zero-order chi connectivity index (χ0) is 24.6. The minimum atomic E-state index is -0.986. The molecule has 0 atom stereocenters. The molecule has 1 heterocycles. The molecule has 0 aliphatic carbocycles. The molecule has 174 valence electrons. The minimum Gasteiger partial charge on any atom is -0.399 e. The molecule has 0 unspecified atom stereocenters. The first-order valence-electron chi connectivity index (χ1n) is 10.5. The lowest BCUT2D eigenvalue weighted by Crippen LogP contribution is -2.41. The van der Waals surface area contributed by atoms with Crippen molar-refractivity contribution in [2.45, 2.75) is 38.9 Å². The largest absolute Gasteiger partial charge is 0.497 e. The van der Waals surface area contributed by atoms with Crippen molar-refractivity contribution in [3.63, 3.8) is 0 Å². The first kappa shape index (κ1) is 24.4. The quantitative estimate of drug-likeness (QED) is 0.396. The lowest BCUT2D eigenvalue weighted by molar-refractivity contribution is -0.110. The van der Waals surface area contributed by atoms with E-state index in [1.165, 1.54) is 19.2 Å². The summed E-state index contributed by atoms with van der Waals surface area (Å²) in [6.45, 7) is 7.43. The highest BCUT2D eigenvalue weighted by Gasteiger charge is 2.52. The van der Waals surface area contributed by atoms with Crippen molar-refractivity contribution in [1.29, 1.82) is 5.41 Å². The van der Waals surface area contributed by atoms with Crippen molar-refractivity contribution in [3.05, 3.63) is 53.3 Å². The second-order valence-electron chi connectivity index (χ2n) is 8.72. The number of carbonyl (C=O) groups excluding carboxylic acids is 2. The number of rotatable bonds is 6. The van der Waals surface area contributed by atoms with E-state index in [1.807, 2.05) is 27.7 Å². The second kappa shape index (κ2) is 8.95. The summed E-state index contributed by atoms with van der Waals surface area (Å²) in [4.78, 5) is 24.7. The van der Waals surface area contributed by atoms with Crippen LogP contribution in [0.4, 0.5) is 15.8 Å². The Kier molecular flexibility index (Phi) is 6.62. The molecule has 1 aliphatic heterocycles. The molecule has 0 aromatic heterocycles. The van der Waals surface area contributed by atoms with Gasteiger partial charge in [-0.25, -0.2) is 4.39 Å². The summed E-state index contributed by atoms with van der Waals surface area (Å²) in [6, 6.07) is 9.33. The van der Waals surface area contributed by atoms with Crippen LogP contribution in [0.1, 0.15) is 43.6 Å². The number of nitrogens with one attached hydrogen (secondary N) is 4. The van der Waals surface area contributed by atoms with E-state index in [0.29, 0.717) is 11.3 Å². The van der Waals surface area contributed by atoms with Gasteiger partial charge in [0.2, 0.25) is 0 Å². The number of amides is 2. The van der Waals surface area contributed by atoms with Crippen molar-refractivity contribution in [2.75, 3.05) is 24.7 Å². The molecule has 2 aromatic carbocycles. The Morgan fingerprint density at radius 3 is 2.24 bits per heavy atom. The third-order valence-corrected chi connectivity index (χ3v) is 6.04. The summed E-state index contributed by atoms with van der Waals surface area (Å²) in [7, 11) is 2.09. The monoisotopic (exact) mass is 454 g/mol. The first-order chi connectivity index (χ1) is 15.4.